The first kappa shape index (κ1) is 17.3. The van der Waals surface area contributed by atoms with Gasteiger partial charge in [0.05, 0.1) is 12.7 Å². The standard InChI is InChI=1S/C16H21ClN4O2/c1-18-15(12-10-19-21(3)11-12)16(22)20(2)8-9-23-14-6-4-13(17)5-7-14/h4-7,10-11,15,18H,8-9H2,1-3H3. The number of hydrogen-bond acceptors (Lipinski definition) is 4. The lowest BCUT2D eigenvalue weighted by atomic mass is 10.1. The number of halogens is 1. The SMILES string of the molecule is CNC(C(=O)N(C)CCOc1ccc(Cl)cc1)c1cnn(C)c1. The van der Waals surface area contributed by atoms with Crippen LogP contribution < -0.4 is 10.1 Å². The molecule has 1 aromatic heterocycles. The van der Waals surface area contributed by atoms with Gasteiger partial charge in [-0.25, -0.2) is 0 Å². The highest BCUT2D eigenvalue weighted by Crippen LogP contribution is 2.16. The van der Waals surface area contributed by atoms with Crippen LogP contribution in [0.4, 0.5) is 0 Å². The molecule has 0 radical (unpaired) electrons. The molecule has 1 aromatic carbocycles. The molecule has 1 atom stereocenters. The second kappa shape index (κ2) is 7.99. The van der Waals surface area contributed by atoms with Gasteiger partial charge in [-0.1, -0.05) is 11.6 Å². The molecule has 0 aliphatic heterocycles. The fourth-order valence-electron chi connectivity index (χ4n) is 2.18. The number of carbonyl (C=O) groups excluding carboxylic acids is 1. The van der Waals surface area contributed by atoms with E-state index >= 15 is 0 Å². The van der Waals surface area contributed by atoms with E-state index in [-0.39, 0.29) is 5.91 Å². The van der Waals surface area contributed by atoms with E-state index < -0.39 is 6.04 Å². The molecule has 1 amide bonds. The molecular weight excluding hydrogens is 316 g/mol. The number of aryl methyl sites for hydroxylation is 1. The summed E-state index contributed by atoms with van der Waals surface area (Å²) in [4.78, 5) is 14.2. The van der Waals surface area contributed by atoms with Gasteiger partial charge in [0.1, 0.15) is 18.4 Å². The molecule has 23 heavy (non-hydrogen) atoms. The predicted molar refractivity (Wildman–Crippen MR) is 89.6 cm³/mol. The zero-order valence-corrected chi connectivity index (χ0v) is 14.2. The molecule has 7 heteroatoms. The number of ether oxygens (including phenoxy) is 1. The Bertz CT molecular complexity index is 642. The summed E-state index contributed by atoms with van der Waals surface area (Å²) in [6.45, 7) is 0.896. The maximum absolute atomic E-state index is 12.5. The molecule has 1 N–H and O–H groups in total. The number of aromatic nitrogens is 2. The van der Waals surface area contributed by atoms with Crippen molar-refractivity contribution in [1.82, 2.24) is 20.0 Å². The van der Waals surface area contributed by atoms with Gasteiger partial charge < -0.3 is 15.0 Å². The molecule has 0 saturated carbocycles. The van der Waals surface area contributed by atoms with Crippen LogP contribution in [0.1, 0.15) is 11.6 Å². The van der Waals surface area contributed by atoms with Crippen LogP contribution in [0.2, 0.25) is 5.02 Å². The lowest BCUT2D eigenvalue weighted by molar-refractivity contribution is -0.132. The minimum atomic E-state index is -0.413. The van der Waals surface area contributed by atoms with Crippen LogP contribution in [0.15, 0.2) is 36.7 Å². The average Bonchev–Trinajstić information content (AvgIpc) is 2.96. The Kier molecular flexibility index (Phi) is 6.01. The van der Waals surface area contributed by atoms with Crippen LogP contribution >= 0.6 is 11.6 Å². The van der Waals surface area contributed by atoms with E-state index in [1.165, 1.54) is 0 Å². The van der Waals surface area contributed by atoms with Crippen molar-refractivity contribution < 1.29 is 9.53 Å². The molecule has 6 nitrogen and oxygen atoms in total. The quantitative estimate of drug-likeness (QED) is 0.838. The summed E-state index contributed by atoms with van der Waals surface area (Å²) in [6.07, 6.45) is 3.52. The number of amides is 1. The maximum atomic E-state index is 12.5. The Morgan fingerprint density at radius 3 is 2.70 bits per heavy atom. The second-order valence-electron chi connectivity index (χ2n) is 5.23. The minimum Gasteiger partial charge on any atom is -0.492 e. The van der Waals surface area contributed by atoms with Crippen LogP contribution in [0, 0.1) is 0 Å². The zero-order chi connectivity index (χ0) is 16.8. The van der Waals surface area contributed by atoms with Crippen molar-refractivity contribution >= 4 is 17.5 Å². The minimum absolute atomic E-state index is 0.0276. The summed E-state index contributed by atoms with van der Waals surface area (Å²) in [5.74, 6) is 0.702. The number of nitrogens with one attached hydrogen (secondary N) is 1. The third-order valence-electron chi connectivity index (χ3n) is 3.48. The number of rotatable bonds is 7. The van der Waals surface area contributed by atoms with Gasteiger partial charge in [-0.15, -0.1) is 0 Å². The van der Waals surface area contributed by atoms with E-state index in [2.05, 4.69) is 10.4 Å². The lowest BCUT2D eigenvalue weighted by Crippen LogP contribution is -2.39. The lowest BCUT2D eigenvalue weighted by Gasteiger charge is -2.23. The van der Waals surface area contributed by atoms with E-state index in [0.29, 0.717) is 18.2 Å². The first-order chi connectivity index (χ1) is 11.0. The third-order valence-corrected chi connectivity index (χ3v) is 3.73. The van der Waals surface area contributed by atoms with Gasteiger partial charge in [0.15, 0.2) is 0 Å². The molecule has 0 aliphatic rings. The van der Waals surface area contributed by atoms with E-state index in [0.717, 1.165) is 11.3 Å². The maximum Gasteiger partial charge on any atom is 0.244 e. The van der Waals surface area contributed by atoms with E-state index in [4.69, 9.17) is 16.3 Å². The van der Waals surface area contributed by atoms with Crippen molar-refractivity contribution in [2.45, 2.75) is 6.04 Å². The number of benzene rings is 1. The summed E-state index contributed by atoms with van der Waals surface area (Å²) in [6, 6.07) is 6.73. The fourth-order valence-corrected chi connectivity index (χ4v) is 2.31. The average molecular weight is 337 g/mol. The summed E-state index contributed by atoms with van der Waals surface area (Å²) >= 11 is 5.83. The highest BCUT2D eigenvalue weighted by molar-refractivity contribution is 6.30. The fraction of sp³-hybridized carbons (Fsp3) is 0.375. The number of carbonyl (C=O) groups is 1. The molecule has 0 saturated heterocycles. The molecule has 2 aromatic rings. The highest BCUT2D eigenvalue weighted by Gasteiger charge is 2.23. The normalized spacial score (nSPS) is 12.0. The van der Waals surface area contributed by atoms with Crippen molar-refractivity contribution in [2.24, 2.45) is 7.05 Å². The monoisotopic (exact) mass is 336 g/mol. The van der Waals surface area contributed by atoms with E-state index in [1.54, 1.807) is 54.1 Å². The van der Waals surface area contributed by atoms with Crippen molar-refractivity contribution in [3.63, 3.8) is 0 Å². The van der Waals surface area contributed by atoms with Crippen LogP contribution in [0.5, 0.6) is 5.75 Å². The number of nitrogens with zero attached hydrogens (tertiary/aromatic N) is 3. The Labute approximate surface area is 141 Å². The largest absolute Gasteiger partial charge is 0.492 e. The molecule has 1 heterocycles. The van der Waals surface area contributed by atoms with E-state index in [9.17, 15) is 4.79 Å². The van der Waals surface area contributed by atoms with E-state index in [1.807, 2.05) is 13.2 Å². The summed E-state index contributed by atoms with van der Waals surface area (Å²) in [7, 11) is 5.34. The summed E-state index contributed by atoms with van der Waals surface area (Å²) in [5.41, 5.74) is 0.838. The molecule has 0 fully saturated rings. The topological polar surface area (TPSA) is 59.4 Å². The number of likely N-dealkylation sites (N-methyl/N-ethyl adjacent to an activating group) is 2. The Morgan fingerprint density at radius 2 is 2.13 bits per heavy atom. The van der Waals surface area contributed by atoms with Crippen LogP contribution in [0.25, 0.3) is 0 Å². The van der Waals surface area contributed by atoms with Crippen molar-refractivity contribution in [3.05, 3.63) is 47.2 Å². The van der Waals surface area contributed by atoms with Crippen LogP contribution in [0.3, 0.4) is 0 Å². The molecule has 0 aliphatic carbocycles. The van der Waals surface area contributed by atoms with Gasteiger partial charge in [0.2, 0.25) is 5.91 Å². The van der Waals surface area contributed by atoms with Crippen LogP contribution in [-0.2, 0) is 11.8 Å². The van der Waals surface area contributed by atoms with Crippen molar-refractivity contribution in [2.75, 3.05) is 27.2 Å². The van der Waals surface area contributed by atoms with Gasteiger partial charge >= 0.3 is 0 Å². The first-order valence-electron chi connectivity index (χ1n) is 7.30. The molecule has 2 rings (SSSR count). The Balaban J connectivity index is 1.87. The van der Waals surface area contributed by atoms with Crippen LogP contribution in [-0.4, -0.2) is 47.8 Å². The van der Waals surface area contributed by atoms with Gasteiger partial charge in [-0.2, -0.15) is 5.10 Å². The van der Waals surface area contributed by atoms with Gasteiger partial charge in [0, 0.05) is 30.9 Å². The zero-order valence-electron chi connectivity index (χ0n) is 13.5. The number of hydrogen-bond donors (Lipinski definition) is 1. The van der Waals surface area contributed by atoms with Gasteiger partial charge in [0.25, 0.3) is 0 Å². The molecular formula is C16H21ClN4O2. The van der Waals surface area contributed by atoms with Crippen molar-refractivity contribution in [3.8, 4) is 5.75 Å². The third kappa shape index (κ3) is 4.71. The summed E-state index contributed by atoms with van der Waals surface area (Å²) in [5, 5.41) is 7.80. The first-order valence-corrected chi connectivity index (χ1v) is 7.68. The molecule has 0 spiro atoms. The Morgan fingerprint density at radius 1 is 1.43 bits per heavy atom. The van der Waals surface area contributed by atoms with Gasteiger partial charge in [-0.3, -0.25) is 9.48 Å². The summed E-state index contributed by atoms with van der Waals surface area (Å²) < 4.78 is 7.29. The van der Waals surface area contributed by atoms with Crippen molar-refractivity contribution in [1.29, 1.82) is 0 Å². The molecule has 124 valence electrons. The predicted octanol–water partition coefficient (Wildman–Crippen LogP) is 1.87. The molecule has 1 unspecified atom stereocenters. The molecule has 0 bridgehead atoms. The Hall–Kier alpha value is -2.05. The van der Waals surface area contributed by atoms with Gasteiger partial charge in [-0.05, 0) is 31.3 Å². The smallest absolute Gasteiger partial charge is 0.244 e. The highest BCUT2D eigenvalue weighted by atomic mass is 35.5. The second-order valence-corrected chi connectivity index (χ2v) is 5.67.